The van der Waals surface area contributed by atoms with Crippen LogP contribution in [0.4, 0.5) is 0 Å². The van der Waals surface area contributed by atoms with Crippen LogP contribution in [0.25, 0.3) is 0 Å². The molecule has 0 aromatic carbocycles. The molecule has 2 rings (SSSR count). The van der Waals surface area contributed by atoms with Crippen LogP contribution in [0.5, 0.6) is 0 Å². The number of ether oxygens (including phenoxy) is 1. The summed E-state index contributed by atoms with van der Waals surface area (Å²) in [7, 11) is 0. The third-order valence-corrected chi connectivity index (χ3v) is 3.28. The van der Waals surface area contributed by atoms with Crippen molar-refractivity contribution in [2.75, 3.05) is 13.2 Å². The van der Waals surface area contributed by atoms with Crippen molar-refractivity contribution < 1.29 is 4.74 Å². The maximum absolute atomic E-state index is 6.23. The first-order valence-corrected chi connectivity index (χ1v) is 5.40. The lowest BCUT2D eigenvalue weighted by atomic mass is 9.87. The fourth-order valence-electron chi connectivity index (χ4n) is 2.38. The summed E-state index contributed by atoms with van der Waals surface area (Å²) >= 11 is 0. The highest BCUT2D eigenvalue weighted by molar-refractivity contribution is 5.15. The summed E-state index contributed by atoms with van der Waals surface area (Å²) in [6.07, 6.45) is 8.44. The zero-order valence-corrected chi connectivity index (χ0v) is 8.17. The second-order valence-corrected chi connectivity index (χ2v) is 4.15. The van der Waals surface area contributed by atoms with Gasteiger partial charge in [-0.2, -0.15) is 0 Å². The molecule has 2 N–H and O–H groups in total. The molecule has 1 unspecified atom stereocenters. The van der Waals surface area contributed by atoms with Crippen LogP contribution in [0.1, 0.15) is 32.1 Å². The molecule has 74 valence electrons. The Morgan fingerprint density at radius 2 is 2.15 bits per heavy atom. The topological polar surface area (TPSA) is 35.2 Å². The zero-order chi connectivity index (χ0) is 9.10. The fraction of sp³-hybridized carbons (Fsp3) is 0.818. The molecule has 1 aliphatic heterocycles. The SMILES string of the molecule is NC(C1=CCCC1)C1CCOCC1. The molecule has 0 spiro atoms. The van der Waals surface area contributed by atoms with Crippen LogP contribution < -0.4 is 5.73 Å². The van der Waals surface area contributed by atoms with E-state index in [1.165, 1.54) is 24.8 Å². The van der Waals surface area contributed by atoms with E-state index < -0.39 is 0 Å². The summed E-state index contributed by atoms with van der Waals surface area (Å²) in [5.41, 5.74) is 7.74. The normalized spacial score (nSPS) is 27.3. The first-order valence-electron chi connectivity index (χ1n) is 5.40. The zero-order valence-electron chi connectivity index (χ0n) is 8.17. The molecule has 0 amide bonds. The minimum Gasteiger partial charge on any atom is -0.381 e. The summed E-state index contributed by atoms with van der Waals surface area (Å²) < 4.78 is 5.34. The average Bonchev–Trinajstić information content (AvgIpc) is 2.71. The molecule has 1 aliphatic carbocycles. The molecule has 0 saturated carbocycles. The predicted octanol–water partition coefficient (Wildman–Crippen LogP) is 1.85. The number of hydrogen-bond acceptors (Lipinski definition) is 2. The molecule has 0 aromatic heterocycles. The van der Waals surface area contributed by atoms with Crippen molar-refractivity contribution in [2.24, 2.45) is 11.7 Å². The van der Waals surface area contributed by atoms with Crippen molar-refractivity contribution in [3.8, 4) is 0 Å². The van der Waals surface area contributed by atoms with Gasteiger partial charge in [0.2, 0.25) is 0 Å². The Morgan fingerprint density at radius 1 is 1.38 bits per heavy atom. The van der Waals surface area contributed by atoms with Crippen molar-refractivity contribution in [3.05, 3.63) is 11.6 Å². The molecule has 1 saturated heterocycles. The van der Waals surface area contributed by atoms with Gasteiger partial charge < -0.3 is 10.5 Å². The fourth-order valence-corrected chi connectivity index (χ4v) is 2.38. The molecule has 0 radical (unpaired) electrons. The Morgan fingerprint density at radius 3 is 2.77 bits per heavy atom. The van der Waals surface area contributed by atoms with Crippen molar-refractivity contribution in [2.45, 2.75) is 38.1 Å². The number of nitrogens with two attached hydrogens (primary N) is 1. The Balaban J connectivity index is 1.90. The van der Waals surface area contributed by atoms with E-state index in [0.29, 0.717) is 12.0 Å². The smallest absolute Gasteiger partial charge is 0.0469 e. The number of allylic oxidation sites excluding steroid dienone is 1. The first kappa shape index (κ1) is 9.22. The van der Waals surface area contributed by atoms with E-state index in [1.807, 2.05) is 0 Å². The standard InChI is InChI=1S/C11H19NO/c12-11(9-3-1-2-4-9)10-5-7-13-8-6-10/h3,10-11H,1-2,4-8,12H2. The van der Waals surface area contributed by atoms with E-state index >= 15 is 0 Å². The molecule has 0 bridgehead atoms. The van der Waals surface area contributed by atoms with Gasteiger partial charge in [0.05, 0.1) is 0 Å². The van der Waals surface area contributed by atoms with Gasteiger partial charge in [0.15, 0.2) is 0 Å². The third-order valence-electron chi connectivity index (χ3n) is 3.28. The van der Waals surface area contributed by atoms with Gasteiger partial charge in [-0.1, -0.05) is 11.6 Å². The average molecular weight is 181 g/mol. The molecule has 1 heterocycles. The van der Waals surface area contributed by atoms with Crippen LogP contribution in [-0.4, -0.2) is 19.3 Å². The van der Waals surface area contributed by atoms with Crippen molar-refractivity contribution >= 4 is 0 Å². The van der Waals surface area contributed by atoms with Crippen LogP contribution >= 0.6 is 0 Å². The minimum absolute atomic E-state index is 0.325. The van der Waals surface area contributed by atoms with Crippen LogP contribution in [0.2, 0.25) is 0 Å². The maximum atomic E-state index is 6.23. The summed E-state index contributed by atoms with van der Waals surface area (Å²) in [6.45, 7) is 1.82. The predicted molar refractivity (Wildman–Crippen MR) is 53.5 cm³/mol. The molecule has 13 heavy (non-hydrogen) atoms. The van der Waals surface area contributed by atoms with Gasteiger partial charge in [0, 0.05) is 19.3 Å². The van der Waals surface area contributed by atoms with Crippen LogP contribution in [0, 0.1) is 5.92 Å². The Labute approximate surface area is 80.1 Å². The van der Waals surface area contributed by atoms with Crippen LogP contribution in [0.3, 0.4) is 0 Å². The summed E-state index contributed by atoms with van der Waals surface area (Å²) in [4.78, 5) is 0. The number of hydrogen-bond donors (Lipinski definition) is 1. The second-order valence-electron chi connectivity index (χ2n) is 4.15. The molecule has 2 heteroatoms. The minimum atomic E-state index is 0.325. The molecule has 1 atom stereocenters. The Bertz CT molecular complexity index is 194. The van der Waals surface area contributed by atoms with Gasteiger partial charge >= 0.3 is 0 Å². The van der Waals surface area contributed by atoms with E-state index in [4.69, 9.17) is 10.5 Å². The van der Waals surface area contributed by atoms with E-state index in [0.717, 1.165) is 26.1 Å². The number of rotatable bonds is 2. The monoisotopic (exact) mass is 181 g/mol. The highest BCUT2D eigenvalue weighted by Crippen LogP contribution is 2.28. The third kappa shape index (κ3) is 2.12. The first-order chi connectivity index (χ1) is 6.38. The van der Waals surface area contributed by atoms with E-state index in [-0.39, 0.29) is 0 Å². The van der Waals surface area contributed by atoms with Gasteiger partial charge in [-0.15, -0.1) is 0 Å². The van der Waals surface area contributed by atoms with Crippen LogP contribution in [-0.2, 0) is 4.74 Å². The molecule has 2 aliphatic rings. The summed E-state index contributed by atoms with van der Waals surface area (Å²) in [5.74, 6) is 0.679. The summed E-state index contributed by atoms with van der Waals surface area (Å²) in [6, 6.07) is 0.325. The van der Waals surface area contributed by atoms with Gasteiger partial charge in [-0.25, -0.2) is 0 Å². The van der Waals surface area contributed by atoms with Crippen molar-refractivity contribution in [1.82, 2.24) is 0 Å². The molecule has 0 aromatic rings. The Hall–Kier alpha value is -0.340. The lowest BCUT2D eigenvalue weighted by molar-refractivity contribution is 0.0617. The van der Waals surface area contributed by atoms with Crippen molar-refractivity contribution in [3.63, 3.8) is 0 Å². The molecule has 2 nitrogen and oxygen atoms in total. The quantitative estimate of drug-likeness (QED) is 0.660. The lowest BCUT2D eigenvalue weighted by Crippen LogP contribution is -2.35. The van der Waals surface area contributed by atoms with Gasteiger partial charge in [0.1, 0.15) is 0 Å². The van der Waals surface area contributed by atoms with Gasteiger partial charge in [-0.05, 0) is 38.0 Å². The second kappa shape index (κ2) is 4.25. The largest absolute Gasteiger partial charge is 0.381 e. The molecular formula is C11H19NO. The van der Waals surface area contributed by atoms with E-state index in [1.54, 1.807) is 0 Å². The van der Waals surface area contributed by atoms with Gasteiger partial charge in [0.25, 0.3) is 0 Å². The van der Waals surface area contributed by atoms with Crippen molar-refractivity contribution in [1.29, 1.82) is 0 Å². The maximum Gasteiger partial charge on any atom is 0.0469 e. The van der Waals surface area contributed by atoms with Gasteiger partial charge in [-0.3, -0.25) is 0 Å². The molecular weight excluding hydrogens is 162 g/mol. The summed E-state index contributed by atoms with van der Waals surface area (Å²) in [5, 5.41) is 0. The highest BCUT2D eigenvalue weighted by Gasteiger charge is 2.24. The lowest BCUT2D eigenvalue weighted by Gasteiger charge is -2.28. The van der Waals surface area contributed by atoms with E-state index in [2.05, 4.69) is 6.08 Å². The highest BCUT2D eigenvalue weighted by atomic mass is 16.5. The van der Waals surface area contributed by atoms with E-state index in [9.17, 15) is 0 Å². The van der Waals surface area contributed by atoms with Crippen LogP contribution in [0.15, 0.2) is 11.6 Å². The Kier molecular flexibility index (Phi) is 3.01. The molecule has 1 fully saturated rings.